The van der Waals surface area contributed by atoms with Crippen LogP contribution in [0.2, 0.25) is 0 Å². The van der Waals surface area contributed by atoms with E-state index in [2.05, 4.69) is 28.6 Å². The number of aromatic nitrogens is 2. The molecule has 0 spiro atoms. The summed E-state index contributed by atoms with van der Waals surface area (Å²) in [6, 6.07) is 8.31. The van der Waals surface area contributed by atoms with Crippen LogP contribution in [-0.2, 0) is 6.42 Å². The first-order valence-electron chi connectivity index (χ1n) is 5.52. The van der Waals surface area contributed by atoms with Crippen LogP contribution in [0.3, 0.4) is 0 Å². The van der Waals surface area contributed by atoms with Gasteiger partial charge in [-0.25, -0.2) is 4.98 Å². The van der Waals surface area contributed by atoms with Gasteiger partial charge in [0.05, 0.1) is 0 Å². The Bertz CT molecular complexity index is 477. The summed E-state index contributed by atoms with van der Waals surface area (Å²) in [7, 11) is 0. The normalized spacial score (nSPS) is 11.9. The van der Waals surface area contributed by atoms with Gasteiger partial charge < -0.3 is 10.3 Å². The van der Waals surface area contributed by atoms with E-state index in [0.29, 0.717) is 0 Å². The van der Waals surface area contributed by atoms with E-state index in [-0.39, 0.29) is 18.4 Å². The molecule has 0 aliphatic rings. The van der Waals surface area contributed by atoms with Gasteiger partial charge in [-0.3, -0.25) is 0 Å². The van der Waals surface area contributed by atoms with E-state index in [1.807, 2.05) is 31.5 Å². The van der Waals surface area contributed by atoms with Crippen molar-refractivity contribution in [3.63, 3.8) is 0 Å². The average molecular weight is 252 g/mol. The molecule has 3 nitrogen and oxygen atoms in total. The molecule has 2 rings (SSSR count). The van der Waals surface area contributed by atoms with Crippen molar-refractivity contribution in [1.29, 1.82) is 0 Å². The van der Waals surface area contributed by atoms with Crippen molar-refractivity contribution < 1.29 is 0 Å². The zero-order valence-corrected chi connectivity index (χ0v) is 10.9. The predicted molar refractivity (Wildman–Crippen MR) is 72.9 cm³/mol. The standard InChI is InChI=1S/C13H17N3.ClH/c1-10-5-3-7-15-13(10)16-8-4-6-12(16)9-11(2)14;/h3-8,11H,9,14H2,1-2H3;1H. The summed E-state index contributed by atoms with van der Waals surface area (Å²) in [5.41, 5.74) is 8.21. The summed E-state index contributed by atoms with van der Waals surface area (Å²) in [5, 5.41) is 0. The molecule has 0 bridgehead atoms. The third-order valence-corrected chi connectivity index (χ3v) is 2.57. The van der Waals surface area contributed by atoms with Crippen LogP contribution in [0.4, 0.5) is 0 Å². The highest BCUT2D eigenvalue weighted by molar-refractivity contribution is 5.85. The topological polar surface area (TPSA) is 43.8 Å². The van der Waals surface area contributed by atoms with Crippen LogP contribution in [-0.4, -0.2) is 15.6 Å². The second kappa shape index (κ2) is 5.84. The minimum atomic E-state index is 0. The third kappa shape index (κ3) is 3.08. The van der Waals surface area contributed by atoms with E-state index < -0.39 is 0 Å². The fourth-order valence-corrected chi connectivity index (χ4v) is 1.85. The molecule has 0 aliphatic carbocycles. The second-order valence-corrected chi connectivity index (χ2v) is 4.19. The Kier molecular flexibility index (Phi) is 4.73. The summed E-state index contributed by atoms with van der Waals surface area (Å²) < 4.78 is 2.11. The Balaban J connectivity index is 0.00000144. The monoisotopic (exact) mass is 251 g/mol. The quantitative estimate of drug-likeness (QED) is 0.911. The number of nitrogens with two attached hydrogens (primary N) is 1. The van der Waals surface area contributed by atoms with E-state index in [4.69, 9.17) is 5.73 Å². The van der Waals surface area contributed by atoms with E-state index in [0.717, 1.165) is 12.2 Å². The Hall–Kier alpha value is -1.32. The highest BCUT2D eigenvalue weighted by Gasteiger charge is 2.07. The van der Waals surface area contributed by atoms with Gasteiger partial charge in [0, 0.05) is 30.6 Å². The molecule has 92 valence electrons. The smallest absolute Gasteiger partial charge is 0.139 e. The number of hydrogen-bond acceptors (Lipinski definition) is 2. The van der Waals surface area contributed by atoms with Crippen LogP contribution in [0, 0.1) is 6.92 Å². The highest BCUT2D eigenvalue weighted by atomic mass is 35.5. The minimum Gasteiger partial charge on any atom is -0.328 e. The van der Waals surface area contributed by atoms with Crippen molar-refractivity contribution in [2.24, 2.45) is 5.73 Å². The van der Waals surface area contributed by atoms with Gasteiger partial charge in [-0.1, -0.05) is 6.07 Å². The number of pyridine rings is 1. The molecule has 2 aromatic heterocycles. The van der Waals surface area contributed by atoms with E-state index >= 15 is 0 Å². The van der Waals surface area contributed by atoms with Crippen LogP contribution in [0.15, 0.2) is 36.7 Å². The summed E-state index contributed by atoms with van der Waals surface area (Å²) in [6.07, 6.45) is 4.72. The highest BCUT2D eigenvalue weighted by Crippen LogP contribution is 2.15. The molecule has 0 amide bonds. The predicted octanol–water partition coefficient (Wildman–Crippen LogP) is 2.49. The molecular formula is C13H18ClN3. The van der Waals surface area contributed by atoms with Gasteiger partial charge in [0.25, 0.3) is 0 Å². The molecule has 2 heterocycles. The lowest BCUT2D eigenvalue weighted by molar-refractivity contribution is 0.705. The Morgan fingerprint density at radius 2 is 2.12 bits per heavy atom. The van der Waals surface area contributed by atoms with E-state index in [9.17, 15) is 0 Å². The van der Waals surface area contributed by atoms with Crippen LogP contribution in [0.25, 0.3) is 5.82 Å². The molecule has 1 unspecified atom stereocenters. The van der Waals surface area contributed by atoms with E-state index in [1.165, 1.54) is 11.3 Å². The minimum absolute atomic E-state index is 0. The summed E-state index contributed by atoms with van der Waals surface area (Å²) in [4.78, 5) is 4.41. The maximum atomic E-state index is 5.83. The maximum absolute atomic E-state index is 5.83. The fraction of sp³-hybridized carbons (Fsp3) is 0.308. The molecule has 0 fully saturated rings. The lowest BCUT2D eigenvalue weighted by Crippen LogP contribution is -2.19. The lowest BCUT2D eigenvalue weighted by Gasteiger charge is -2.12. The molecule has 0 saturated heterocycles. The number of aryl methyl sites for hydroxylation is 1. The first-order valence-corrected chi connectivity index (χ1v) is 5.52. The van der Waals surface area contributed by atoms with Crippen molar-refractivity contribution in [2.75, 3.05) is 0 Å². The van der Waals surface area contributed by atoms with Crippen LogP contribution in [0.1, 0.15) is 18.2 Å². The van der Waals surface area contributed by atoms with Gasteiger partial charge in [-0.15, -0.1) is 12.4 Å². The number of hydrogen-bond donors (Lipinski definition) is 1. The zero-order chi connectivity index (χ0) is 11.5. The van der Waals surface area contributed by atoms with Crippen LogP contribution in [0.5, 0.6) is 0 Å². The van der Waals surface area contributed by atoms with Gasteiger partial charge >= 0.3 is 0 Å². The summed E-state index contributed by atoms with van der Waals surface area (Å²) >= 11 is 0. The molecule has 0 aromatic carbocycles. The number of nitrogens with zero attached hydrogens (tertiary/aromatic N) is 2. The molecule has 4 heteroatoms. The Labute approximate surface area is 108 Å². The van der Waals surface area contributed by atoms with Crippen molar-refractivity contribution in [2.45, 2.75) is 26.3 Å². The van der Waals surface area contributed by atoms with E-state index in [1.54, 1.807) is 0 Å². The van der Waals surface area contributed by atoms with Gasteiger partial charge in [-0.05, 0) is 37.6 Å². The molecule has 0 saturated carbocycles. The maximum Gasteiger partial charge on any atom is 0.139 e. The molecule has 0 aliphatic heterocycles. The number of rotatable bonds is 3. The molecule has 17 heavy (non-hydrogen) atoms. The van der Waals surface area contributed by atoms with Crippen molar-refractivity contribution in [1.82, 2.24) is 9.55 Å². The largest absolute Gasteiger partial charge is 0.328 e. The Morgan fingerprint density at radius 1 is 1.35 bits per heavy atom. The van der Waals surface area contributed by atoms with Crippen LogP contribution >= 0.6 is 12.4 Å². The molecule has 2 aromatic rings. The first-order chi connectivity index (χ1) is 7.68. The fourth-order valence-electron chi connectivity index (χ4n) is 1.85. The number of halogens is 1. The van der Waals surface area contributed by atoms with Gasteiger partial charge in [0.1, 0.15) is 5.82 Å². The SMILES string of the molecule is Cc1cccnc1-n1cccc1CC(C)N.Cl. The van der Waals surface area contributed by atoms with Gasteiger partial charge in [-0.2, -0.15) is 0 Å². The van der Waals surface area contributed by atoms with Crippen molar-refractivity contribution in [3.05, 3.63) is 47.9 Å². The third-order valence-electron chi connectivity index (χ3n) is 2.57. The molecule has 1 atom stereocenters. The second-order valence-electron chi connectivity index (χ2n) is 4.19. The first kappa shape index (κ1) is 13.7. The molecule has 2 N–H and O–H groups in total. The summed E-state index contributed by atoms with van der Waals surface area (Å²) in [5.74, 6) is 0.989. The zero-order valence-electron chi connectivity index (χ0n) is 10.1. The van der Waals surface area contributed by atoms with Crippen LogP contribution < -0.4 is 5.73 Å². The van der Waals surface area contributed by atoms with Crippen molar-refractivity contribution >= 4 is 12.4 Å². The average Bonchev–Trinajstić information content (AvgIpc) is 2.66. The Morgan fingerprint density at radius 3 is 2.76 bits per heavy atom. The lowest BCUT2D eigenvalue weighted by atomic mass is 10.2. The molecule has 0 radical (unpaired) electrons. The molecular weight excluding hydrogens is 234 g/mol. The van der Waals surface area contributed by atoms with Crippen molar-refractivity contribution in [3.8, 4) is 5.82 Å². The van der Waals surface area contributed by atoms with Gasteiger partial charge in [0.2, 0.25) is 0 Å². The summed E-state index contributed by atoms with van der Waals surface area (Å²) in [6.45, 7) is 4.08. The van der Waals surface area contributed by atoms with Gasteiger partial charge in [0.15, 0.2) is 0 Å².